The second-order valence-corrected chi connectivity index (χ2v) is 9.88. The van der Waals surface area contributed by atoms with Gasteiger partial charge < -0.3 is 10.0 Å². The molecule has 7 heteroatoms. The molecule has 1 N–H and O–H groups in total. The fourth-order valence-electron chi connectivity index (χ4n) is 5.26. The van der Waals surface area contributed by atoms with E-state index in [9.17, 15) is 20.0 Å². The van der Waals surface area contributed by atoms with Gasteiger partial charge in [0.2, 0.25) is 5.69 Å². The normalized spacial score (nSPS) is 19.1. The highest BCUT2D eigenvalue weighted by Gasteiger charge is 2.43. The van der Waals surface area contributed by atoms with Gasteiger partial charge in [-0.15, -0.1) is 0 Å². The van der Waals surface area contributed by atoms with Crippen molar-refractivity contribution in [3.05, 3.63) is 87.6 Å². The summed E-state index contributed by atoms with van der Waals surface area (Å²) in [6.07, 6.45) is 6.08. The smallest absolute Gasteiger partial charge is 0.305 e. The van der Waals surface area contributed by atoms with Crippen LogP contribution in [0.3, 0.4) is 0 Å². The molecule has 0 atom stereocenters. The van der Waals surface area contributed by atoms with Crippen molar-refractivity contribution in [1.29, 1.82) is 0 Å². The molecule has 0 amide bonds. The third-order valence-electron chi connectivity index (χ3n) is 7.08. The van der Waals surface area contributed by atoms with Crippen LogP contribution >= 0.6 is 0 Å². The summed E-state index contributed by atoms with van der Waals surface area (Å²) in [6, 6.07) is 13.2. The Labute approximate surface area is 199 Å². The molecule has 176 valence electrons. The first-order valence-electron chi connectivity index (χ1n) is 11.3. The number of rotatable bonds is 6. The second kappa shape index (κ2) is 8.24. The zero-order valence-electron chi connectivity index (χ0n) is 20.2. The molecule has 2 aromatic rings. The maximum absolute atomic E-state index is 11.4. The number of para-hydroxylation sites is 1. The Kier molecular flexibility index (Phi) is 5.67. The minimum Gasteiger partial charge on any atom is -0.481 e. The SMILES string of the molecule is C[N+]1=C(C=CC=C2N(CCC(=O)O)c3ccc([N+](=O)[O-])cc3C2(C)C)C(C)(C)c2ccccc21. The van der Waals surface area contributed by atoms with E-state index in [0.29, 0.717) is 0 Å². The number of hydrogen-bond acceptors (Lipinski definition) is 4. The first-order chi connectivity index (χ1) is 16.0. The number of nitrogens with zero attached hydrogens (tertiary/aromatic N) is 3. The molecule has 0 aromatic heterocycles. The van der Waals surface area contributed by atoms with Gasteiger partial charge in [0.15, 0.2) is 5.71 Å². The van der Waals surface area contributed by atoms with E-state index >= 15 is 0 Å². The molecule has 2 aromatic carbocycles. The lowest BCUT2D eigenvalue weighted by molar-refractivity contribution is -0.401. The Hall–Kier alpha value is -3.74. The van der Waals surface area contributed by atoms with Crippen molar-refractivity contribution in [3.8, 4) is 0 Å². The summed E-state index contributed by atoms with van der Waals surface area (Å²) in [5.74, 6) is -0.884. The monoisotopic (exact) mass is 460 g/mol. The fraction of sp³-hybridized carbons (Fsp3) is 0.333. The van der Waals surface area contributed by atoms with E-state index in [2.05, 4.69) is 49.7 Å². The molecule has 0 saturated heterocycles. The first-order valence-corrected chi connectivity index (χ1v) is 11.3. The number of carboxylic acid groups (broad SMARTS) is 1. The van der Waals surface area contributed by atoms with Crippen LogP contribution < -0.4 is 4.90 Å². The van der Waals surface area contributed by atoms with Crippen LogP contribution in [0.4, 0.5) is 17.1 Å². The predicted octanol–water partition coefficient (Wildman–Crippen LogP) is 5.31. The Bertz CT molecular complexity index is 1280. The van der Waals surface area contributed by atoms with Gasteiger partial charge in [0.1, 0.15) is 7.05 Å². The number of allylic oxidation sites excluding steroid dienone is 4. The van der Waals surface area contributed by atoms with Crippen LogP contribution in [0.25, 0.3) is 0 Å². The van der Waals surface area contributed by atoms with E-state index in [1.807, 2.05) is 37.0 Å². The van der Waals surface area contributed by atoms with E-state index in [1.165, 1.54) is 17.3 Å². The van der Waals surface area contributed by atoms with Crippen molar-refractivity contribution in [3.63, 3.8) is 0 Å². The van der Waals surface area contributed by atoms with Gasteiger partial charge in [-0.05, 0) is 31.6 Å². The molecule has 0 radical (unpaired) electrons. The molecule has 0 aliphatic carbocycles. The highest BCUT2D eigenvalue weighted by atomic mass is 16.6. The van der Waals surface area contributed by atoms with Crippen LogP contribution in [0.2, 0.25) is 0 Å². The third-order valence-corrected chi connectivity index (χ3v) is 7.08. The van der Waals surface area contributed by atoms with Crippen LogP contribution in [-0.2, 0) is 15.6 Å². The minimum atomic E-state index is -0.884. The quantitative estimate of drug-likeness (QED) is 0.358. The summed E-state index contributed by atoms with van der Waals surface area (Å²) in [5.41, 5.74) is 5.53. The molecular formula is C27H30N3O4+. The Morgan fingerprint density at radius 3 is 2.47 bits per heavy atom. The Morgan fingerprint density at radius 1 is 1.12 bits per heavy atom. The van der Waals surface area contributed by atoms with Crippen LogP contribution in [0.5, 0.6) is 0 Å². The van der Waals surface area contributed by atoms with Crippen LogP contribution in [-0.4, -0.2) is 39.9 Å². The van der Waals surface area contributed by atoms with Gasteiger partial charge in [-0.25, -0.2) is 0 Å². The number of hydrogen-bond donors (Lipinski definition) is 1. The number of nitro groups is 1. The van der Waals surface area contributed by atoms with Gasteiger partial charge in [-0.2, -0.15) is 4.58 Å². The molecule has 0 unspecified atom stereocenters. The Morgan fingerprint density at radius 2 is 1.82 bits per heavy atom. The standard InChI is InChI=1S/C27H29N3O4/c1-26(2)19-9-6-7-10-21(19)28(5)23(26)11-8-12-24-27(3,4)20-17-18(30(33)34)13-14-22(20)29(24)16-15-25(31)32/h6-14,17H,15-16H2,1-5H3/p+1. The number of non-ortho nitro benzene ring substituents is 1. The zero-order chi connectivity index (χ0) is 24.8. The van der Waals surface area contributed by atoms with Gasteiger partial charge in [-0.1, -0.05) is 38.1 Å². The topological polar surface area (TPSA) is 86.7 Å². The van der Waals surface area contributed by atoms with E-state index in [1.54, 1.807) is 12.1 Å². The second-order valence-electron chi connectivity index (χ2n) is 9.88. The van der Waals surface area contributed by atoms with Gasteiger partial charge in [0, 0.05) is 53.2 Å². The molecular weight excluding hydrogens is 430 g/mol. The molecule has 4 rings (SSSR count). The molecule has 2 aliphatic rings. The fourth-order valence-corrected chi connectivity index (χ4v) is 5.26. The lowest BCUT2D eigenvalue weighted by Crippen LogP contribution is -2.28. The molecule has 0 fully saturated rings. The number of fused-ring (bicyclic) bond motifs is 2. The Balaban J connectivity index is 1.75. The van der Waals surface area contributed by atoms with Crippen molar-refractivity contribution >= 4 is 28.7 Å². The van der Waals surface area contributed by atoms with Crippen LogP contribution in [0.1, 0.15) is 45.2 Å². The summed E-state index contributed by atoms with van der Waals surface area (Å²) < 4.78 is 2.20. The van der Waals surface area contributed by atoms with Crippen molar-refractivity contribution in [2.75, 3.05) is 18.5 Å². The molecule has 0 bridgehead atoms. The minimum absolute atomic E-state index is 0.0317. The van der Waals surface area contributed by atoms with Crippen LogP contribution in [0.15, 0.2) is 66.4 Å². The number of benzene rings is 2. The highest BCUT2D eigenvalue weighted by Crippen LogP contribution is 2.49. The number of carboxylic acids is 1. The highest BCUT2D eigenvalue weighted by molar-refractivity contribution is 6.03. The van der Waals surface area contributed by atoms with Gasteiger partial charge in [0.25, 0.3) is 5.69 Å². The first kappa shape index (κ1) is 23.4. The number of carbonyl (C=O) groups is 1. The lowest BCUT2D eigenvalue weighted by atomic mass is 9.81. The van der Waals surface area contributed by atoms with E-state index in [4.69, 9.17) is 0 Å². The largest absolute Gasteiger partial charge is 0.481 e. The number of aliphatic carboxylic acids is 1. The maximum Gasteiger partial charge on any atom is 0.305 e. The summed E-state index contributed by atoms with van der Waals surface area (Å²) in [4.78, 5) is 24.3. The third kappa shape index (κ3) is 3.71. The summed E-state index contributed by atoms with van der Waals surface area (Å²) in [6.45, 7) is 8.73. The van der Waals surface area contributed by atoms with Crippen LogP contribution in [0, 0.1) is 10.1 Å². The summed E-state index contributed by atoms with van der Waals surface area (Å²) in [7, 11) is 2.06. The molecule has 0 saturated carbocycles. The number of nitro benzene ring substituents is 1. The summed E-state index contributed by atoms with van der Waals surface area (Å²) >= 11 is 0. The van der Waals surface area contributed by atoms with Crippen molar-refractivity contribution in [1.82, 2.24) is 0 Å². The summed E-state index contributed by atoms with van der Waals surface area (Å²) in [5, 5.41) is 20.7. The van der Waals surface area contributed by atoms with E-state index < -0.39 is 16.3 Å². The molecule has 7 nitrogen and oxygen atoms in total. The molecule has 2 aliphatic heterocycles. The van der Waals surface area contributed by atoms with Gasteiger partial charge in [-0.3, -0.25) is 14.9 Å². The van der Waals surface area contributed by atoms with Crippen molar-refractivity contribution in [2.45, 2.75) is 44.9 Å². The predicted molar refractivity (Wildman–Crippen MR) is 133 cm³/mol. The average molecular weight is 461 g/mol. The molecule has 2 heterocycles. The van der Waals surface area contributed by atoms with E-state index in [-0.39, 0.29) is 24.1 Å². The van der Waals surface area contributed by atoms with Crippen molar-refractivity contribution < 1.29 is 19.4 Å². The average Bonchev–Trinajstić information content (AvgIpc) is 3.11. The molecule has 34 heavy (non-hydrogen) atoms. The van der Waals surface area contributed by atoms with E-state index in [0.717, 1.165) is 22.7 Å². The van der Waals surface area contributed by atoms with Gasteiger partial charge >= 0.3 is 5.97 Å². The zero-order valence-corrected chi connectivity index (χ0v) is 20.2. The number of anilines is 1. The lowest BCUT2D eigenvalue weighted by Gasteiger charge is -2.26. The maximum atomic E-state index is 11.4. The van der Waals surface area contributed by atoms with Crippen molar-refractivity contribution in [2.24, 2.45) is 0 Å². The molecule has 0 spiro atoms. The van der Waals surface area contributed by atoms with Gasteiger partial charge in [0.05, 0.1) is 16.8 Å².